The van der Waals surface area contributed by atoms with Crippen molar-refractivity contribution >= 4 is 8.45 Å². The molecule has 0 saturated carbocycles. The van der Waals surface area contributed by atoms with Gasteiger partial charge in [0.15, 0.2) is 0 Å². The Bertz CT molecular complexity index is 909. The molecule has 0 aromatic carbocycles. The van der Waals surface area contributed by atoms with Gasteiger partial charge >= 0.3 is 205 Å². The average molecular weight is 613 g/mol. The van der Waals surface area contributed by atoms with Crippen LogP contribution in [0.2, 0.25) is 20.1 Å². The maximum absolute atomic E-state index is 3.59. The van der Waals surface area contributed by atoms with Gasteiger partial charge in [0.2, 0.25) is 0 Å². The van der Waals surface area contributed by atoms with Crippen molar-refractivity contribution in [3.05, 3.63) is 81.6 Å². The van der Waals surface area contributed by atoms with Gasteiger partial charge in [-0.15, -0.1) is 0 Å². The van der Waals surface area contributed by atoms with E-state index in [9.17, 15) is 0 Å². The normalized spacial score (nSPS) is 15.0. The van der Waals surface area contributed by atoms with Crippen LogP contribution in [-0.4, -0.2) is 9.97 Å². The summed E-state index contributed by atoms with van der Waals surface area (Å²) in [6.07, 6.45) is 14.9. The van der Waals surface area contributed by atoms with Gasteiger partial charge < -0.3 is 0 Å². The molecule has 2 aromatic rings. The van der Waals surface area contributed by atoms with E-state index >= 15 is 0 Å². The van der Waals surface area contributed by atoms with Crippen LogP contribution in [0.3, 0.4) is 0 Å². The number of hydrogen-bond donors (Lipinski definition) is 2. The van der Waals surface area contributed by atoms with Crippen LogP contribution in [0.15, 0.2) is 70.2 Å². The first-order valence-corrected chi connectivity index (χ1v) is 20.2. The molecule has 4 heteroatoms. The molecule has 0 atom stereocenters. The van der Waals surface area contributed by atoms with Gasteiger partial charge in [-0.25, -0.2) is 0 Å². The van der Waals surface area contributed by atoms with Crippen LogP contribution in [0.25, 0.3) is 0 Å². The van der Waals surface area contributed by atoms with Crippen LogP contribution in [-0.2, 0) is 29.6 Å². The number of nitrogens with one attached hydrogen (secondary N) is 2. The summed E-state index contributed by atoms with van der Waals surface area (Å²) >= 11 is -2.97. The van der Waals surface area contributed by atoms with Crippen molar-refractivity contribution in [3.63, 3.8) is 0 Å². The summed E-state index contributed by atoms with van der Waals surface area (Å²) in [5, 5.41) is 5.11. The zero-order chi connectivity index (χ0) is 24.2. The fraction of sp³-hybridized carbons (Fsp3) is 0.429. The van der Waals surface area contributed by atoms with Crippen LogP contribution in [0.1, 0.15) is 52.9 Å². The minimum absolute atomic E-state index is 0.226. The number of allylic oxidation sites excluding steroid dienone is 6. The van der Waals surface area contributed by atoms with Crippen molar-refractivity contribution in [1.29, 1.82) is 0 Å². The standard InChI is InChI=1S/C6H8N.2C5H7.C4H4N.4C2H5.2Ru/c1-5-3-4-6(2)7-5;2*1-3-5-4-2;1-2-4-5-3-1;4*1-2;;/h3,7H,1-2H3;2*1,3-5H,2H3;1-3,5H;4*1H2,2H3;;. The van der Waals surface area contributed by atoms with Crippen LogP contribution >= 0.6 is 0 Å². The molecular formula is C28H46N2Ru2. The van der Waals surface area contributed by atoms with Crippen LogP contribution in [0, 0.1) is 13.8 Å². The molecule has 2 aromatic heterocycles. The molecule has 0 aliphatic heterocycles. The van der Waals surface area contributed by atoms with Crippen LogP contribution in [0.4, 0.5) is 0 Å². The second kappa shape index (κ2) is 12.3. The molecule has 0 radical (unpaired) electrons. The molecule has 2 heterocycles. The summed E-state index contributed by atoms with van der Waals surface area (Å²) in [4.78, 5) is 6.91. The Morgan fingerprint density at radius 3 is 1.91 bits per heavy atom. The third-order valence-corrected chi connectivity index (χ3v) is 30.6. The molecule has 0 saturated heterocycles. The molecule has 0 aliphatic rings. The summed E-state index contributed by atoms with van der Waals surface area (Å²) in [6, 6.07) is 6.74. The maximum atomic E-state index is 3.59. The van der Waals surface area contributed by atoms with E-state index in [1.165, 1.54) is 39.9 Å². The second-order valence-corrected chi connectivity index (χ2v) is 27.4. The van der Waals surface area contributed by atoms with Gasteiger partial charge in [0, 0.05) is 0 Å². The van der Waals surface area contributed by atoms with Crippen molar-refractivity contribution in [1.82, 2.24) is 9.97 Å². The van der Waals surface area contributed by atoms with Crippen molar-refractivity contribution in [2.24, 2.45) is 0 Å². The SMILES string of the molecule is CC=CC=[CH][Ru]([CH2]C)([CH2]C)([CH2]C)([CH2]C)[c]1ccc[nH]1.CC=CC=[CH][Ru][c]1cc(C)[nH]c1C. The Kier molecular flexibility index (Phi) is 11.1. The summed E-state index contributed by atoms with van der Waals surface area (Å²) in [6.45, 7) is 18.0. The van der Waals surface area contributed by atoms with Gasteiger partial charge in [-0.3, -0.25) is 0 Å². The Morgan fingerprint density at radius 1 is 0.875 bits per heavy atom. The van der Waals surface area contributed by atoms with E-state index in [2.05, 4.69) is 123 Å². The molecule has 2 rings (SSSR count). The molecule has 0 aliphatic carbocycles. The van der Waals surface area contributed by atoms with Gasteiger partial charge in [-0.1, -0.05) is 0 Å². The molecule has 0 amide bonds. The summed E-state index contributed by atoms with van der Waals surface area (Å²) in [5.74, 6) is 0. The molecule has 184 valence electrons. The number of rotatable bonds is 10. The van der Waals surface area contributed by atoms with Gasteiger partial charge in [0.05, 0.1) is 0 Å². The minimum atomic E-state index is -3.20. The first kappa shape index (κ1) is 28.8. The van der Waals surface area contributed by atoms with Gasteiger partial charge in [-0.05, 0) is 0 Å². The van der Waals surface area contributed by atoms with E-state index < -0.39 is 12.4 Å². The Labute approximate surface area is 204 Å². The number of hydrogen-bond acceptors (Lipinski definition) is 0. The van der Waals surface area contributed by atoms with Crippen LogP contribution in [0.5, 0.6) is 0 Å². The van der Waals surface area contributed by atoms with Gasteiger partial charge in [-0.2, -0.15) is 0 Å². The quantitative estimate of drug-likeness (QED) is 0.201. The van der Waals surface area contributed by atoms with E-state index in [1.807, 2.05) is 13.0 Å². The predicted octanol–water partition coefficient (Wildman–Crippen LogP) is 8.14. The molecule has 0 fully saturated rings. The molecular weight excluding hydrogens is 566 g/mol. The summed E-state index contributed by atoms with van der Waals surface area (Å²) in [5.41, 5.74) is 2.59. The van der Waals surface area contributed by atoms with E-state index in [1.54, 1.807) is 0 Å². The fourth-order valence-corrected chi connectivity index (χ4v) is 19.0. The zero-order valence-corrected chi connectivity index (χ0v) is 24.9. The van der Waals surface area contributed by atoms with Crippen molar-refractivity contribution in [2.75, 3.05) is 0 Å². The third kappa shape index (κ3) is 5.81. The first-order chi connectivity index (χ1) is 15.3. The fourth-order valence-electron chi connectivity index (χ4n) is 4.09. The summed E-state index contributed by atoms with van der Waals surface area (Å²) < 4.78 is 7.90. The molecule has 0 unspecified atom stereocenters. The number of aryl methyl sites for hydroxylation is 2. The van der Waals surface area contributed by atoms with Crippen LogP contribution < -0.4 is 8.45 Å². The summed E-state index contributed by atoms with van der Waals surface area (Å²) in [7, 11) is 0. The van der Waals surface area contributed by atoms with E-state index in [0.29, 0.717) is 0 Å². The first-order valence-electron chi connectivity index (χ1n) is 11.6. The van der Waals surface area contributed by atoms with Gasteiger partial charge in [0.1, 0.15) is 0 Å². The van der Waals surface area contributed by atoms with Gasteiger partial charge in [0.25, 0.3) is 0 Å². The zero-order valence-electron chi connectivity index (χ0n) is 21.5. The Morgan fingerprint density at radius 2 is 1.47 bits per heavy atom. The second-order valence-electron chi connectivity index (χ2n) is 7.93. The van der Waals surface area contributed by atoms with Crippen molar-refractivity contribution < 1.29 is 29.6 Å². The number of aromatic nitrogens is 2. The average Bonchev–Trinajstić information content (AvgIpc) is 3.47. The Hall–Kier alpha value is -1.23. The Balaban J connectivity index is 0.000000343. The molecule has 2 N–H and O–H groups in total. The van der Waals surface area contributed by atoms with E-state index in [-0.39, 0.29) is 17.1 Å². The molecule has 0 spiro atoms. The topological polar surface area (TPSA) is 31.6 Å². The van der Waals surface area contributed by atoms with E-state index in [0.717, 1.165) is 0 Å². The molecule has 32 heavy (non-hydrogen) atoms. The number of aromatic amines is 2. The molecule has 2 nitrogen and oxygen atoms in total. The predicted molar refractivity (Wildman–Crippen MR) is 140 cm³/mol. The number of H-pyrrole nitrogens is 2. The monoisotopic (exact) mass is 614 g/mol. The van der Waals surface area contributed by atoms with Crippen molar-refractivity contribution in [2.45, 2.75) is 75.5 Å². The van der Waals surface area contributed by atoms with E-state index in [4.69, 9.17) is 0 Å². The molecule has 0 bridgehead atoms. The van der Waals surface area contributed by atoms with Crippen molar-refractivity contribution in [3.8, 4) is 0 Å². The third-order valence-electron chi connectivity index (χ3n) is 6.78.